The molecule has 2 aliphatic rings. The Kier molecular flexibility index (Phi) is 3.63. The lowest BCUT2D eigenvalue weighted by molar-refractivity contribution is -0.141. The molecule has 1 aromatic heterocycles. The van der Waals surface area contributed by atoms with Crippen LogP contribution in [0.4, 0.5) is 0 Å². The predicted octanol–water partition coefficient (Wildman–Crippen LogP) is 3.32. The lowest BCUT2D eigenvalue weighted by Crippen LogP contribution is -2.49. The van der Waals surface area contributed by atoms with Gasteiger partial charge >= 0.3 is 5.97 Å². The molecule has 2 heterocycles. The van der Waals surface area contributed by atoms with Gasteiger partial charge in [-0.1, -0.05) is 31.0 Å². The standard InChI is InChI=1S/C19H20N2O3/c22-18-14-9-4-3-8-13(14)16(19(23)24)17(15-10-5-11-20-15)21(18)12-6-1-2-7-12/h3-5,8-12,16-17,20H,1-2,6-7H2,(H,23,24). The zero-order chi connectivity index (χ0) is 16.7. The number of carboxylic acids is 1. The molecule has 2 N–H and O–H groups in total. The molecule has 0 saturated heterocycles. The molecule has 24 heavy (non-hydrogen) atoms. The number of nitrogens with zero attached hydrogens (tertiary/aromatic N) is 1. The van der Waals surface area contributed by atoms with Gasteiger partial charge in [0.25, 0.3) is 5.91 Å². The zero-order valence-electron chi connectivity index (χ0n) is 13.3. The highest BCUT2D eigenvalue weighted by Gasteiger charge is 2.47. The van der Waals surface area contributed by atoms with E-state index in [0.717, 1.165) is 31.4 Å². The SMILES string of the molecule is O=C(O)C1c2ccccc2C(=O)N(C2CCCC2)C1c1ccc[nH]1. The van der Waals surface area contributed by atoms with Gasteiger partial charge in [0.05, 0.1) is 6.04 Å². The summed E-state index contributed by atoms with van der Waals surface area (Å²) < 4.78 is 0. The van der Waals surface area contributed by atoms with Gasteiger partial charge in [0.15, 0.2) is 0 Å². The number of H-pyrrole nitrogens is 1. The van der Waals surface area contributed by atoms with Gasteiger partial charge in [-0.05, 0) is 36.6 Å². The molecule has 1 aliphatic carbocycles. The third kappa shape index (κ3) is 2.23. The minimum atomic E-state index is -0.891. The van der Waals surface area contributed by atoms with E-state index in [-0.39, 0.29) is 11.9 Å². The summed E-state index contributed by atoms with van der Waals surface area (Å²) in [6, 6.07) is 10.5. The summed E-state index contributed by atoms with van der Waals surface area (Å²) in [7, 11) is 0. The fraction of sp³-hybridized carbons (Fsp3) is 0.368. The summed E-state index contributed by atoms with van der Waals surface area (Å²) in [5, 5.41) is 9.95. The maximum atomic E-state index is 13.2. The number of amides is 1. The van der Waals surface area contributed by atoms with Crippen molar-refractivity contribution in [1.29, 1.82) is 0 Å². The van der Waals surface area contributed by atoms with Crippen LogP contribution in [0, 0.1) is 0 Å². The first kappa shape index (κ1) is 15.0. The molecule has 4 rings (SSSR count). The van der Waals surface area contributed by atoms with Gasteiger partial charge in [-0.2, -0.15) is 0 Å². The number of aliphatic carboxylic acids is 1. The number of aromatic amines is 1. The Morgan fingerprint density at radius 2 is 1.88 bits per heavy atom. The Morgan fingerprint density at radius 1 is 1.12 bits per heavy atom. The maximum Gasteiger partial charge on any atom is 0.313 e. The number of rotatable bonds is 3. The van der Waals surface area contributed by atoms with E-state index in [1.54, 1.807) is 30.5 Å². The van der Waals surface area contributed by atoms with Crippen LogP contribution >= 0.6 is 0 Å². The highest BCUT2D eigenvalue weighted by molar-refractivity contribution is 6.00. The van der Waals surface area contributed by atoms with Gasteiger partial charge in [-0.25, -0.2) is 0 Å². The van der Waals surface area contributed by atoms with Gasteiger partial charge in [0.1, 0.15) is 5.92 Å². The fourth-order valence-electron chi connectivity index (χ4n) is 4.26. The number of hydrogen-bond donors (Lipinski definition) is 2. The topological polar surface area (TPSA) is 73.4 Å². The van der Waals surface area contributed by atoms with Crippen LogP contribution in [0.3, 0.4) is 0 Å². The number of aromatic nitrogens is 1. The van der Waals surface area contributed by atoms with E-state index < -0.39 is 17.9 Å². The van der Waals surface area contributed by atoms with Crippen LogP contribution in [0.15, 0.2) is 42.6 Å². The van der Waals surface area contributed by atoms with Crippen LogP contribution in [-0.2, 0) is 4.79 Å². The second-order valence-electron chi connectivity index (χ2n) is 6.62. The minimum Gasteiger partial charge on any atom is -0.481 e. The normalized spacial score (nSPS) is 24.2. The van der Waals surface area contributed by atoms with E-state index in [2.05, 4.69) is 4.98 Å². The lowest BCUT2D eigenvalue weighted by atomic mass is 9.80. The third-order valence-electron chi connectivity index (χ3n) is 5.30. The van der Waals surface area contributed by atoms with Crippen LogP contribution in [0.5, 0.6) is 0 Å². The smallest absolute Gasteiger partial charge is 0.313 e. The van der Waals surface area contributed by atoms with E-state index >= 15 is 0 Å². The third-order valence-corrected chi connectivity index (χ3v) is 5.30. The predicted molar refractivity (Wildman–Crippen MR) is 88.8 cm³/mol. The molecule has 2 aromatic rings. The van der Waals surface area contributed by atoms with Crippen molar-refractivity contribution in [3.63, 3.8) is 0 Å². The number of carbonyl (C=O) groups excluding carboxylic acids is 1. The van der Waals surface area contributed by atoms with E-state index in [1.807, 2.05) is 17.0 Å². The average molecular weight is 324 g/mol. The lowest BCUT2D eigenvalue weighted by Gasteiger charge is -2.43. The van der Waals surface area contributed by atoms with Gasteiger partial charge < -0.3 is 15.0 Å². The molecule has 1 amide bonds. The van der Waals surface area contributed by atoms with Gasteiger partial charge in [-0.15, -0.1) is 0 Å². The summed E-state index contributed by atoms with van der Waals surface area (Å²) in [5.41, 5.74) is 1.93. The largest absolute Gasteiger partial charge is 0.481 e. The molecule has 1 saturated carbocycles. The van der Waals surface area contributed by atoms with E-state index in [1.165, 1.54) is 0 Å². The molecule has 2 unspecified atom stereocenters. The van der Waals surface area contributed by atoms with Crippen molar-refractivity contribution in [3.8, 4) is 0 Å². The van der Waals surface area contributed by atoms with Crippen LogP contribution in [-0.4, -0.2) is 32.9 Å². The van der Waals surface area contributed by atoms with Crippen molar-refractivity contribution in [2.24, 2.45) is 0 Å². The van der Waals surface area contributed by atoms with E-state index in [9.17, 15) is 14.7 Å². The Labute approximate surface area is 140 Å². The van der Waals surface area contributed by atoms with Crippen LogP contribution in [0.25, 0.3) is 0 Å². The number of carboxylic acid groups (broad SMARTS) is 1. The van der Waals surface area contributed by atoms with Crippen molar-refractivity contribution in [3.05, 3.63) is 59.4 Å². The first-order valence-electron chi connectivity index (χ1n) is 8.46. The summed E-state index contributed by atoms with van der Waals surface area (Å²) in [6.45, 7) is 0. The first-order valence-corrected chi connectivity index (χ1v) is 8.46. The molecule has 2 atom stereocenters. The van der Waals surface area contributed by atoms with E-state index in [4.69, 9.17) is 0 Å². The maximum absolute atomic E-state index is 13.2. The molecular formula is C19H20N2O3. The van der Waals surface area contributed by atoms with Crippen molar-refractivity contribution < 1.29 is 14.7 Å². The van der Waals surface area contributed by atoms with Crippen molar-refractivity contribution >= 4 is 11.9 Å². The Hall–Kier alpha value is -2.56. The summed E-state index contributed by atoms with van der Waals surface area (Å²) in [4.78, 5) is 30.3. The molecule has 1 aliphatic heterocycles. The first-order chi connectivity index (χ1) is 11.7. The summed E-state index contributed by atoms with van der Waals surface area (Å²) in [6.07, 6.45) is 5.84. The quantitative estimate of drug-likeness (QED) is 0.909. The average Bonchev–Trinajstić information content (AvgIpc) is 3.28. The number of carbonyl (C=O) groups is 2. The number of benzene rings is 1. The van der Waals surface area contributed by atoms with Crippen molar-refractivity contribution in [2.75, 3.05) is 0 Å². The number of hydrogen-bond acceptors (Lipinski definition) is 2. The second kappa shape index (κ2) is 5.82. The molecule has 1 aromatic carbocycles. The number of nitrogens with one attached hydrogen (secondary N) is 1. The zero-order valence-corrected chi connectivity index (χ0v) is 13.3. The van der Waals surface area contributed by atoms with Crippen molar-refractivity contribution in [1.82, 2.24) is 9.88 Å². The Morgan fingerprint density at radius 3 is 2.54 bits per heavy atom. The number of fused-ring (bicyclic) bond motifs is 1. The monoisotopic (exact) mass is 324 g/mol. The van der Waals surface area contributed by atoms with Crippen LogP contribution < -0.4 is 0 Å². The summed E-state index contributed by atoms with van der Waals surface area (Å²) >= 11 is 0. The highest BCUT2D eigenvalue weighted by atomic mass is 16.4. The molecule has 1 fully saturated rings. The van der Waals surface area contributed by atoms with E-state index in [0.29, 0.717) is 11.1 Å². The molecule has 0 radical (unpaired) electrons. The Balaban J connectivity index is 1.91. The Bertz CT molecular complexity index is 763. The minimum absolute atomic E-state index is 0.0467. The second-order valence-corrected chi connectivity index (χ2v) is 6.62. The highest BCUT2D eigenvalue weighted by Crippen LogP contribution is 2.45. The molecule has 5 nitrogen and oxygen atoms in total. The van der Waals surface area contributed by atoms with Crippen LogP contribution in [0.1, 0.15) is 59.3 Å². The van der Waals surface area contributed by atoms with Crippen molar-refractivity contribution in [2.45, 2.75) is 43.7 Å². The molecular weight excluding hydrogens is 304 g/mol. The van der Waals surface area contributed by atoms with Gasteiger partial charge in [-0.3, -0.25) is 9.59 Å². The fourth-order valence-corrected chi connectivity index (χ4v) is 4.26. The van der Waals surface area contributed by atoms with Crippen LogP contribution in [0.2, 0.25) is 0 Å². The molecule has 5 heteroatoms. The molecule has 124 valence electrons. The molecule has 0 bridgehead atoms. The molecule has 0 spiro atoms. The summed E-state index contributed by atoms with van der Waals surface area (Å²) in [5.74, 6) is -1.69. The van der Waals surface area contributed by atoms with Gasteiger partial charge in [0, 0.05) is 23.5 Å². The van der Waals surface area contributed by atoms with Gasteiger partial charge in [0.2, 0.25) is 0 Å².